The minimum atomic E-state index is -0.439. The molecule has 0 aliphatic carbocycles. The van der Waals surface area contributed by atoms with Crippen LogP contribution in [0.5, 0.6) is 0 Å². The molecule has 1 fully saturated rings. The molecule has 19 heavy (non-hydrogen) atoms. The molecule has 3 amide bonds. The predicted octanol–water partition coefficient (Wildman–Crippen LogP) is -0.697. The average Bonchev–Trinajstić information content (AvgIpc) is 2.10. The van der Waals surface area contributed by atoms with Crippen molar-refractivity contribution in [1.82, 2.24) is 10.6 Å². The van der Waals surface area contributed by atoms with Crippen LogP contribution in [0.4, 0.5) is 4.79 Å². The van der Waals surface area contributed by atoms with E-state index in [9.17, 15) is 9.59 Å². The number of carbonyl (C=O) groups excluding carboxylic acids is 2. The van der Waals surface area contributed by atoms with Crippen LogP contribution in [-0.4, -0.2) is 49.3 Å². The van der Waals surface area contributed by atoms with Crippen molar-refractivity contribution in [2.45, 2.75) is 52.4 Å². The van der Waals surface area contributed by atoms with Crippen molar-refractivity contribution in [3.8, 4) is 0 Å². The number of nitrogens with one attached hydrogen (secondary N) is 3. The van der Waals surface area contributed by atoms with Crippen LogP contribution in [0.2, 0.25) is 0 Å². The highest BCUT2D eigenvalue weighted by molar-refractivity contribution is 5.94. The molecule has 1 saturated heterocycles. The first-order valence-corrected chi connectivity index (χ1v) is 6.77. The molecule has 1 aliphatic heterocycles. The summed E-state index contributed by atoms with van der Waals surface area (Å²) in [5.74, 6) is -0.252. The number of rotatable bonds is 2. The van der Waals surface area contributed by atoms with Gasteiger partial charge in [0.05, 0.1) is 0 Å². The second kappa shape index (κ2) is 6.34. The highest BCUT2D eigenvalue weighted by Crippen LogP contribution is 1.98. The molecule has 6 heteroatoms. The lowest BCUT2D eigenvalue weighted by Gasteiger charge is -2.31. The molecule has 0 aromatic heterocycles. The molecule has 6 nitrogen and oxygen atoms in total. The van der Waals surface area contributed by atoms with E-state index in [-0.39, 0.29) is 23.7 Å². The summed E-state index contributed by atoms with van der Waals surface area (Å²) in [6, 6.07) is -0.439. The molecule has 3 N–H and O–H groups in total. The summed E-state index contributed by atoms with van der Waals surface area (Å²) in [7, 11) is 0. The van der Waals surface area contributed by atoms with Gasteiger partial charge in [0, 0.05) is 5.54 Å². The molecule has 0 unspecified atom stereocenters. The van der Waals surface area contributed by atoms with Gasteiger partial charge in [-0.05, 0) is 34.6 Å². The third-order valence-corrected chi connectivity index (χ3v) is 2.77. The fourth-order valence-electron chi connectivity index (χ4n) is 2.30. The van der Waals surface area contributed by atoms with Gasteiger partial charge in [-0.2, -0.15) is 0 Å². The lowest BCUT2D eigenvalue weighted by Crippen LogP contribution is -3.16. The largest absolute Gasteiger partial charge is 0.364 e. The molecule has 0 bridgehead atoms. The smallest absolute Gasteiger partial charge is 0.322 e. The monoisotopic (exact) mass is 272 g/mol. The number of hydrogen-bond donors (Lipinski definition) is 3. The molecule has 110 valence electrons. The highest BCUT2D eigenvalue weighted by Gasteiger charge is 2.27. The Morgan fingerprint density at radius 3 is 2.21 bits per heavy atom. The number of imide groups is 1. The maximum atomic E-state index is 11.8. The van der Waals surface area contributed by atoms with E-state index in [2.05, 4.69) is 10.6 Å². The van der Waals surface area contributed by atoms with Crippen molar-refractivity contribution in [3.05, 3.63) is 0 Å². The maximum Gasteiger partial charge on any atom is 0.322 e. The number of quaternary nitrogens is 1. The molecular formula is C13H26N3O3+. The Labute approximate surface area is 114 Å². The van der Waals surface area contributed by atoms with E-state index in [1.807, 2.05) is 34.6 Å². The van der Waals surface area contributed by atoms with Crippen LogP contribution in [0.3, 0.4) is 0 Å². The third kappa shape index (κ3) is 6.54. The van der Waals surface area contributed by atoms with Crippen LogP contribution < -0.4 is 15.5 Å². The predicted molar refractivity (Wildman–Crippen MR) is 72.0 cm³/mol. The van der Waals surface area contributed by atoms with Crippen LogP contribution in [0.1, 0.15) is 34.6 Å². The van der Waals surface area contributed by atoms with Crippen molar-refractivity contribution < 1.29 is 19.2 Å². The van der Waals surface area contributed by atoms with Crippen LogP contribution in [0.25, 0.3) is 0 Å². The van der Waals surface area contributed by atoms with Crippen LogP contribution in [0, 0.1) is 0 Å². The molecular weight excluding hydrogens is 246 g/mol. The van der Waals surface area contributed by atoms with Crippen LogP contribution in [0.15, 0.2) is 0 Å². The Bertz CT molecular complexity index is 329. The lowest BCUT2D eigenvalue weighted by molar-refractivity contribution is -0.907. The summed E-state index contributed by atoms with van der Waals surface area (Å²) in [5, 5.41) is 5.06. The van der Waals surface area contributed by atoms with Gasteiger partial charge in [-0.25, -0.2) is 4.79 Å². The summed E-state index contributed by atoms with van der Waals surface area (Å²) in [6.45, 7) is 11.5. The van der Waals surface area contributed by atoms with Crippen molar-refractivity contribution in [1.29, 1.82) is 0 Å². The Morgan fingerprint density at radius 2 is 1.74 bits per heavy atom. The second-order valence-corrected chi connectivity index (χ2v) is 6.34. The molecule has 0 radical (unpaired) electrons. The Balaban J connectivity index is 2.36. The van der Waals surface area contributed by atoms with Crippen molar-refractivity contribution in [2.24, 2.45) is 0 Å². The standard InChI is InChI=1S/C13H25N3O3/c1-9-6-16(7-10(2)19-9)8-11(17)14-12(18)15-13(3,4)5/h9-10H,6-8H2,1-5H3,(H2,14,15,17,18)/p+1/t9-,10-/m1/s1. The average molecular weight is 272 g/mol. The molecule has 1 rings (SSSR count). The number of carbonyl (C=O) groups is 2. The Hall–Kier alpha value is -1.14. The van der Waals surface area contributed by atoms with Gasteiger partial charge in [-0.3, -0.25) is 10.1 Å². The quantitative estimate of drug-likeness (QED) is 0.623. The molecule has 1 heterocycles. The van der Waals surface area contributed by atoms with Crippen molar-refractivity contribution >= 4 is 11.9 Å². The second-order valence-electron chi connectivity index (χ2n) is 6.34. The van der Waals surface area contributed by atoms with E-state index in [1.54, 1.807) is 0 Å². The Kier molecular flexibility index (Phi) is 5.31. The summed E-state index contributed by atoms with van der Waals surface area (Å²) in [6.07, 6.45) is 0.296. The fourth-order valence-corrected chi connectivity index (χ4v) is 2.30. The zero-order chi connectivity index (χ0) is 14.6. The summed E-state index contributed by atoms with van der Waals surface area (Å²) >= 11 is 0. The Morgan fingerprint density at radius 1 is 1.21 bits per heavy atom. The minimum absolute atomic E-state index is 0.148. The SMILES string of the molecule is C[C@@H]1C[NH+](CC(=O)NC(=O)NC(C)(C)C)C[C@@H](C)O1. The van der Waals surface area contributed by atoms with Gasteiger partial charge in [0.25, 0.3) is 5.91 Å². The lowest BCUT2D eigenvalue weighted by atomic mass is 10.1. The van der Waals surface area contributed by atoms with Gasteiger partial charge in [0.15, 0.2) is 6.54 Å². The van der Waals surface area contributed by atoms with Crippen molar-refractivity contribution in [2.75, 3.05) is 19.6 Å². The normalized spacial score (nSPS) is 27.7. The first-order valence-electron chi connectivity index (χ1n) is 6.77. The molecule has 0 aromatic carbocycles. The zero-order valence-electron chi connectivity index (χ0n) is 12.5. The summed E-state index contributed by atoms with van der Waals surface area (Å²) in [5.41, 5.74) is -0.348. The van der Waals surface area contributed by atoms with E-state index in [0.717, 1.165) is 18.0 Å². The van der Waals surface area contributed by atoms with E-state index in [4.69, 9.17) is 4.74 Å². The van der Waals surface area contributed by atoms with Crippen molar-refractivity contribution in [3.63, 3.8) is 0 Å². The topological polar surface area (TPSA) is 71.9 Å². The number of urea groups is 1. The van der Waals surface area contributed by atoms with Gasteiger partial charge in [0.1, 0.15) is 25.3 Å². The minimum Gasteiger partial charge on any atom is -0.364 e. The van der Waals surface area contributed by atoms with E-state index < -0.39 is 6.03 Å². The molecule has 2 atom stereocenters. The molecule has 0 saturated carbocycles. The number of hydrogen-bond acceptors (Lipinski definition) is 3. The van der Waals surface area contributed by atoms with E-state index >= 15 is 0 Å². The fraction of sp³-hybridized carbons (Fsp3) is 0.846. The van der Waals surface area contributed by atoms with Gasteiger partial charge in [-0.1, -0.05) is 0 Å². The zero-order valence-corrected chi connectivity index (χ0v) is 12.5. The maximum absolute atomic E-state index is 11.8. The number of amides is 3. The molecule has 1 aliphatic rings. The van der Waals surface area contributed by atoms with Gasteiger partial charge >= 0.3 is 6.03 Å². The van der Waals surface area contributed by atoms with E-state index in [1.165, 1.54) is 0 Å². The third-order valence-electron chi connectivity index (χ3n) is 2.77. The summed E-state index contributed by atoms with van der Waals surface area (Å²) in [4.78, 5) is 24.5. The summed E-state index contributed by atoms with van der Waals surface area (Å²) < 4.78 is 5.61. The van der Waals surface area contributed by atoms with Crippen LogP contribution >= 0.6 is 0 Å². The first-order chi connectivity index (χ1) is 8.65. The van der Waals surface area contributed by atoms with Gasteiger partial charge in [0.2, 0.25) is 0 Å². The molecule has 0 aromatic rings. The van der Waals surface area contributed by atoms with E-state index in [0.29, 0.717) is 6.54 Å². The van der Waals surface area contributed by atoms with Gasteiger partial charge < -0.3 is 15.0 Å². The van der Waals surface area contributed by atoms with Gasteiger partial charge in [-0.15, -0.1) is 0 Å². The number of morpholine rings is 1. The highest BCUT2D eigenvalue weighted by atomic mass is 16.5. The van der Waals surface area contributed by atoms with Crippen LogP contribution in [-0.2, 0) is 9.53 Å². The molecule has 0 spiro atoms. The first kappa shape index (κ1) is 15.9. The number of ether oxygens (including phenoxy) is 1.